The maximum absolute atomic E-state index is 12.1. The smallest absolute Gasteiger partial charge is 0.251 e. The molecule has 1 amide bonds. The van der Waals surface area contributed by atoms with Crippen molar-refractivity contribution in [1.82, 2.24) is 15.1 Å². The Morgan fingerprint density at radius 1 is 1.42 bits per heavy atom. The van der Waals surface area contributed by atoms with Crippen molar-refractivity contribution < 1.29 is 14.3 Å². The molecule has 24 heavy (non-hydrogen) atoms. The van der Waals surface area contributed by atoms with E-state index in [1.165, 1.54) is 0 Å². The zero-order valence-corrected chi connectivity index (χ0v) is 13.9. The summed E-state index contributed by atoms with van der Waals surface area (Å²) < 4.78 is 13.0. The number of hydrogen-bond acceptors (Lipinski definition) is 4. The fraction of sp³-hybridized carbons (Fsp3) is 0.444. The minimum Gasteiger partial charge on any atom is -0.491 e. The predicted molar refractivity (Wildman–Crippen MR) is 90.2 cm³/mol. The molecule has 1 unspecified atom stereocenters. The van der Waals surface area contributed by atoms with E-state index in [-0.39, 0.29) is 12.0 Å². The summed E-state index contributed by atoms with van der Waals surface area (Å²) in [5.41, 5.74) is 1.74. The maximum Gasteiger partial charge on any atom is 0.251 e. The summed E-state index contributed by atoms with van der Waals surface area (Å²) in [5, 5.41) is 7.03. The average Bonchev–Trinajstić information content (AvgIpc) is 3.25. The monoisotopic (exact) mass is 329 g/mol. The summed E-state index contributed by atoms with van der Waals surface area (Å²) in [5.74, 6) is 0.682. The molecule has 0 aliphatic carbocycles. The molecule has 1 saturated heterocycles. The molecule has 2 heterocycles. The average molecular weight is 329 g/mol. The predicted octanol–water partition coefficient (Wildman–Crippen LogP) is 1.95. The number of ether oxygens (including phenoxy) is 2. The second-order valence-electron chi connectivity index (χ2n) is 6.00. The molecule has 0 bridgehead atoms. The lowest BCUT2D eigenvalue weighted by molar-refractivity contribution is 0.0679. The van der Waals surface area contributed by atoms with Gasteiger partial charge in [0.15, 0.2) is 0 Å². The van der Waals surface area contributed by atoms with Gasteiger partial charge in [-0.3, -0.25) is 9.48 Å². The van der Waals surface area contributed by atoms with E-state index in [4.69, 9.17) is 9.47 Å². The standard InChI is InChI=1S/C18H23N3O3/c1-21-12-14(11-20-21)8-9-19-18(22)15-4-6-16(7-5-15)24-13-17-3-2-10-23-17/h4-7,11-12,17H,2-3,8-10,13H2,1H3,(H,19,22). The number of nitrogens with zero attached hydrogens (tertiary/aromatic N) is 2. The Morgan fingerprint density at radius 3 is 2.92 bits per heavy atom. The van der Waals surface area contributed by atoms with Crippen LogP contribution in [-0.2, 0) is 18.2 Å². The zero-order valence-electron chi connectivity index (χ0n) is 13.9. The fourth-order valence-corrected chi connectivity index (χ4v) is 2.69. The van der Waals surface area contributed by atoms with Crippen molar-refractivity contribution in [2.24, 2.45) is 7.05 Å². The lowest BCUT2D eigenvalue weighted by Gasteiger charge is -2.11. The third-order valence-corrected chi connectivity index (χ3v) is 4.03. The van der Waals surface area contributed by atoms with Crippen LogP contribution in [0.1, 0.15) is 28.8 Å². The molecule has 1 aliphatic heterocycles. The third-order valence-electron chi connectivity index (χ3n) is 4.03. The van der Waals surface area contributed by atoms with Gasteiger partial charge in [-0.25, -0.2) is 0 Å². The Bertz CT molecular complexity index is 660. The van der Waals surface area contributed by atoms with Crippen molar-refractivity contribution >= 4 is 5.91 Å². The van der Waals surface area contributed by atoms with Gasteiger partial charge in [0.2, 0.25) is 0 Å². The van der Waals surface area contributed by atoms with E-state index in [1.54, 1.807) is 16.8 Å². The lowest BCUT2D eigenvalue weighted by Crippen LogP contribution is -2.25. The molecule has 3 rings (SSSR count). The topological polar surface area (TPSA) is 65.4 Å². The molecule has 0 saturated carbocycles. The summed E-state index contributed by atoms with van der Waals surface area (Å²) in [6, 6.07) is 7.21. The molecule has 1 atom stereocenters. The fourth-order valence-electron chi connectivity index (χ4n) is 2.69. The molecule has 2 aromatic rings. The van der Waals surface area contributed by atoms with E-state index < -0.39 is 0 Å². The van der Waals surface area contributed by atoms with E-state index in [0.717, 1.165) is 37.2 Å². The van der Waals surface area contributed by atoms with Crippen molar-refractivity contribution in [3.8, 4) is 5.75 Å². The number of carbonyl (C=O) groups is 1. The Balaban J connectivity index is 1.42. The second-order valence-corrected chi connectivity index (χ2v) is 6.00. The highest BCUT2D eigenvalue weighted by Crippen LogP contribution is 2.16. The van der Waals surface area contributed by atoms with E-state index in [0.29, 0.717) is 18.7 Å². The van der Waals surface area contributed by atoms with Crippen LogP contribution in [0.2, 0.25) is 0 Å². The number of aromatic nitrogens is 2. The summed E-state index contributed by atoms with van der Waals surface area (Å²) in [7, 11) is 1.88. The van der Waals surface area contributed by atoms with Crippen molar-refractivity contribution in [2.75, 3.05) is 19.8 Å². The zero-order chi connectivity index (χ0) is 16.8. The first-order valence-corrected chi connectivity index (χ1v) is 8.31. The minimum absolute atomic E-state index is 0.0791. The number of aryl methyl sites for hydroxylation is 1. The van der Waals surface area contributed by atoms with Crippen LogP contribution in [0.15, 0.2) is 36.7 Å². The quantitative estimate of drug-likeness (QED) is 0.843. The number of hydrogen-bond donors (Lipinski definition) is 1. The molecular formula is C18H23N3O3. The molecular weight excluding hydrogens is 306 g/mol. The van der Waals surface area contributed by atoms with Crippen LogP contribution in [0.25, 0.3) is 0 Å². The summed E-state index contributed by atoms with van der Waals surface area (Å²) in [4.78, 5) is 12.1. The van der Waals surface area contributed by atoms with Gasteiger partial charge >= 0.3 is 0 Å². The van der Waals surface area contributed by atoms with Gasteiger partial charge < -0.3 is 14.8 Å². The Hall–Kier alpha value is -2.34. The number of benzene rings is 1. The number of amides is 1. The largest absolute Gasteiger partial charge is 0.491 e. The first-order valence-electron chi connectivity index (χ1n) is 8.31. The van der Waals surface area contributed by atoms with Crippen molar-refractivity contribution in [3.05, 3.63) is 47.8 Å². The van der Waals surface area contributed by atoms with Crippen LogP contribution in [0.4, 0.5) is 0 Å². The van der Waals surface area contributed by atoms with E-state index in [2.05, 4.69) is 10.4 Å². The van der Waals surface area contributed by atoms with Gasteiger partial charge in [0.05, 0.1) is 12.3 Å². The van der Waals surface area contributed by atoms with Crippen LogP contribution in [0.5, 0.6) is 5.75 Å². The Labute approximate surface area is 141 Å². The van der Waals surface area contributed by atoms with Crippen LogP contribution in [0.3, 0.4) is 0 Å². The van der Waals surface area contributed by atoms with E-state index in [1.807, 2.05) is 31.6 Å². The van der Waals surface area contributed by atoms with Gasteiger partial charge in [0.25, 0.3) is 5.91 Å². The number of nitrogens with one attached hydrogen (secondary N) is 1. The third kappa shape index (κ3) is 4.58. The number of carbonyl (C=O) groups excluding carboxylic acids is 1. The van der Waals surface area contributed by atoms with Crippen LogP contribution >= 0.6 is 0 Å². The minimum atomic E-state index is -0.0791. The van der Waals surface area contributed by atoms with Gasteiger partial charge in [-0.1, -0.05) is 0 Å². The highest BCUT2D eigenvalue weighted by molar-refractivity contribution is 5.94. The maximum atomic E-state index is 12.1. The van der Waals surface area contributed by atoms with E-state index >= 15 is 0 Å². The molecule has 0 spiro atoms. The van der Waals surface area contributed by atoms with Crippen molar-refractivity contribution in [2.45, 2.75) is 25.4 Å². The van der Waals surface area contributed by atoms with Gasteiger partial charge in [-0.15, -0.1) is 0 Å². The first kappa shape index (κ1) is 16.5. The molecule has 0 radical (unpaired) electrons. The molecule has 1 aromatic heterocycles. The van der Waals surface area contributed by atoms with Crippen LogP contribution in [-0.4, -0.2) is 41.6 Å². The Kier molecular flexibility index (Phi) is 5.48. The SMILES string of the molecule is Cn1cc(CCNC(=O)c2ccc(OCC3CCCO3)cc2)cn1. The van der Waals surface area contributed by atoms with Gasteiger partial charge in [0, 0.05) is 32.0 Å². The highest BCUT2D eigenvalue weighted by Gasteiger charge is 2.16. The molecule has 128 valence electrons. The van der Waals surface area contributed by atoms with Gasteiger partial charge in [-0.05, 0) is 49.1 Å². The molecule has 1 fully saturated rings. The van der Waals surface area contributed by atoms with Crippen molar-refractivity contribution in [3.63, 3.8) is 0 Å². The normalized spacial score (nSPS) is 17.0. The Morgan fingerprint density at radius 2 is 2.25 bits per heavy atom. The molecule has 6 heteroatoms. The summed E-state index contributed by atoms with van der Waals surface area (Å²) in [6.07, 6.45) is 6.88. The van der Waals surface area contributed by atoms with Crippen molar-refractivity contribution in [1.29, 1.82) is 0 Å². The van der Waals surface area contributed by atoms with Gasteiger partial charge in [0.1, 0.15) is 12.4 Å². The van der Waals surface area contributed by atoms with E-state index in [9.17, 15) is 4.79 Å². The van der Waals surface area contributed by atoms with Crippen LogP contribution in [0, 0.1) is 0 Å². The highest BCUT2D eigenvalue weighted by atomic mass is 16.5. The molecule has 6 nitrogen and oxygen atoms in total. The molecule has 1 aliphatic rings. The molecule has 1 N–H and O–H groups in total. The second kappa shape index (κ2) is 7.97. The summed E-state index contributed by atoms with van der Waals surface area (Å²) >= 11 is 0. The summed E-state index contributed by atoms with van der Waals surface area (Å²) in [6.45, 7) is 1.98. The van der Waals surface area contributed by atoms with Gasteiger partial charge in [-0.2, -0.15) is 5.10 Å². The number of rotatable bonds is 7. The first-order chi connectivity index (χ1) is 11.7. The lowest BCUT2D eigenvalue weighted by atomic mass is 10.2. The molecule has 1 aromatic carbocycles. The van der Waals surface area contributed by atoms with Crippen LogP contribution < -0.4 is 10.1 Å².